The molecule has 98 valence electrons. The Morgan fingerprint density at radius 2 is 1.89 bits per heavy atom. The molecule has 0 amide bonds. The van der Waals surface area contributed by atoms with Gasteiger partial charge in [0.15, 0.2) is 0 Å². The third kappa shape index (κ3) is 2.96. The molecule has 0 spiro atoms. The zero-order valence-electron chi connectivity index (χ0n) is 10.5. The standard InChI is InChI=1S/C16H15BrClN/c17-15-8-11(4-7-16(15)18)10-19-14-6-5-12-2-1-3-13(12)9-14/h4-9,19H,1-3,10H2. The zero-order chi connectivity index (χ0) is 13.2. The first-order valence-corrected chi connectivity index (χ1v) is 7.69. The lowest BCUT2D eigenvalue weighted by atomic mass is 10.1. The topological polar surface area (TPSA) is 12.0 Å². The summed E-state index contributed by atoms with van der Waals surface area (Å²) in [7, 11) is 0. The van der Waals surface area contributed by atoms with Crippen molar-refractivity contribution in [2.75, 3.05) is 5.32 Å². The van der Waals surface area contributed by atoms with Gasteiger partial charge in [0.25, 0.3) is 0 Å². The van der Waals surface area contributed by atoms with Crippen LogP contribution in [0.2, 0.25) is 5.02 Å². The Kier molecular flexibility index (Phi) is 3.81. The first-order chi connectivity index (χ1) is 9.22. The van der Waals surface area contributed by atoms with Gasteiger partial charge in [0.2, 0.25) is 0 Å². The SMILES string of the molecule is Clc1ccc(CNc2ccc3c(c2)CCC3)cc1Br. The van der Waals surface area contributed by atoms with Gasteiger partial charge in [0.1, 0.15) is 0 Å². The van der Waals surface area contributed by atoms with Crippen LogP contribution in [-0.2, 0) is 19.4 Å². The third-order valence-corrected chi connectivity index (χ3v) is 4.79. The van der Waals surface area contributed by atoms with E-state index in [4.69, 9.17) is 11.6 Å². The summed E-state index contributed by atoms with van der Waals surface area (Å²) in [5.41, 5.74) is 5.44. The molecule has 0 heterocycles. The quantitative estimate of drug-likeness (QED) is 0.812. The van der Waals surface area contributed by atoms with Gasteiger partial charge >= 0.3 is 0 Å². The van der Waals surface area contributed by atoms with E-state index in [0.717, 1.165) is 16.0 Å². The first-order valence-electron chi connectivity index (χ1n) is 6.52. The van der Waals surface area contributed by atoms with E-state index in [1.165, 1.54) is 41.6 Å². The molecule has 2 aromatic carbocycles. The molecule has 0 unspecified atom stereocenters. The Morgan fingerprint density at radius 1 is 1.05 bits per heavy atom. The highest BCUT2D eigenvalue weighted by Crippen LogP contribution is 2.26. The van der Waals surface area contributed by atoms with E-state index in [2.05, 4.69) is 45.5 Å². The first kappa shape index (κ1) is 13.0. The number of hydrogen-bond donors (Lipinski definition) is 1. The fourth-order valence-electron chi connectivity index (χ4n) is 2.54. The number of halogens is 2. The molecule has 0 atom stereocenters. The van der Waals surface area contributed by atoms with E-state index in [-0.39, 0.29) is 0 Å². The lowest BCUT2D eigenvalue weighted by Gasteiger charge is -2.09. The van der Waals surface area contributed by atoms with Crippen LogP contribution in [0.4, 0.5) is 5.69 Å². The maximum absolute atomic E-state index is 5.99. The number of nitrogens with one attached hydrogen (secondary N) is 1. The molecule has 1 N–H and O–H groups in total. The van der Waals surface area contributed by atoms with E-state index in [9.17, 15) is 0 Å². The van der Waals surface area contributed by atoms with Gasteiger partial charge in [0.05, 0.1) is 5.02 Å². The number of benzene rings is 2. The van der Waals surface area contributed by atoms with Crippen LogP contribution in [0.1, 0.15) is 23.1 Å². The minimum Gasteiger partial charge on any atom is -0.381 e. The van der Waals surface area contributed by atoms with Gasteiger partial charge in [-0.25, -0.2) is 0 Å². The molecular formula is C16H15BrClN. The molecule has 0 bridgehead atoms. The average molecular weight is 337 g/mol. The second-order valence-corrected chi connectivity index (χ2v) is 6.20. The van der Waals surface area contributed by atoms with Gasteiger partial charge in [-0.2, -0.15) is 0 Å². The Balaban J connectivity index is 1.70. The monoisotopic (exact) mass is 335 g/mol. The molecule has 0 aromatic heterocycles. The summed E-state index contributed by atoms with van der Waals surface area (Å²) >= 11 is 9.45. The number of rotatable bonds is 3. The van der Waals surface area contributed by atoms with Crippen LogP contribution in [0.3, 0.4) is 0 Å². The molecular weight excluding hydrogens is 322 g/mol. The number of anilines is 1. The van der Waals surface area contributed by atoms with Crippen molar-refractivity contribution in [3.8, 4) is 0 Å². The Morgan fingerprint density at radius 3 is 2.74 bits per heavy atom. The highest BCUT2D eigenvalue weighted by molar-refractivity contribution is 9.10. The summed E-state index contributed by atoms with van der Waals surface area (Å²) in [6, 6.07) is 12.7. The van der Waals surface area contributed by atoms with E-state index in [1.54, 1.807) is 0 Å². The fraction of sp³-hybridized carbons (Fsp3) is 0.250. The Bertz CT molecular complexity index is 610. The third-order valence-electron chi connectivity index (χ3n) is 3.58. The molecule has 2 aromatic rings. The maximum atomic E-state index is 5.99. The van der Waals surface area contributed by atoms with Gasteiger partial charge in [-0.3, -0.25) is 0 Å². The van der Waals surface area contributed by atoms with Gasteiger partial charge in [-0.05, 0) is 76.1 Å². The second-order valence-electron chi connectivity index (χ2n) is 4.94. The lowest BCUT2D eigenvalue weighted by molar-refractivity contribution is 0.912. The van der Waals surface area contributed by atoms with Gasteiger partial charge in [0, 0.05) is 16.7 Å². The van der Waals surface area contributed by atoms with Crippen molar-refractivity contribution in [1.29, 1.82) is 0 Å². The molecule has 1 nitrogen and oxygen atoms in total. The highest BCUT2D eigenvalue weighted by atomic mass is 79.9. The predicted molar refractivity (Wildman–Crippen MR) is 84.9 cm³/mol. The van der Waals surface area contributed by atoms with Crippen LogP contribution >= 0.6 is 27.5 Å². The summed E-state index contributed by atoms with van der Waals surface area (Å²) < 4.78 is 0.947. The van der Waals surface area contributed by atoms with E-state index in [1.807, 2.05) is 12.1 Å². The van der Waals surface area contributed by atoms with Crippen molar-refractivity contribution in [1.82, 2.24) is 0 Å². The van der Waals surface area contributed by atoms with Gasteiger partial charge < -0.3 is 5.32 Å². The molecule has 0 radical (unpaired) electrons. The van der Waals surface area contributed by atoms with Crippen molar-refractivity contribution in [3.63, 3.8) is 0 Å². The molecule has 0 saturated carbocycles. The minimum absolute atomic E-state index is 0.751. The van der Waals surface area contributed by atoms with Crippen LogP contribution in [0.5, 0.6) is 0 Å². The summed E-state index contributed by atoms with van der Waals surface area (Å²) in [5.74, 6) is 0. The molecule has 0 saturated heterocycles. The number of hydrogen-bond acceptors (Lipinski definition) is 1. The normalized spacial score (nSPS) is 13.4. The van der Waals surface area contributed by atoms with E-state index >= 15 is 0 Å². The summed E-state index contributed by atoms with van der Waals surface area (Å²) in [4.78, 5) is 0. The van der Waals surface area contributed by atoms with Crippen molar-refractivity contribution >= 4 is 33.2 Å². The summed E-state index contributed by atoms with van der Waals surface area (Å²) in [5, 5.41) is 4.22. The molecule has 19 heavy (non-hydrogen) atoms. The summed E-state index contributed by atoms with van der Waals surface area (Å²) in [6.45, 7) is 0.814. The largest absolute Gasteiger partial charge is 0.381 e. The smallest absolute Gasteiger partial charge is 0.0548 e. The molecule has 3 rings (SSSR count). The molecule has 0 fully saturated rings. The Hall–Kier alpha value is -0.990. The van der Waals surface area contributed by atoms with Gasteiger partial charge in [-0.15, -0.1) is 0 Å². The van der Waals surface area contributed by atoms with Crippen LogP contribution in [0, 0.1) is 0 Å². The zero-order valence-corrected chi connectivity index (χ0v) is 12.9. The van der Waals surface area contributed by atoms with Crippen molar-refractivity contribution in [2.24, 2.45) is 0 Å². The van der Waals surface area contributed by atoms with Crippen LogP contribution in [0.25, 0.3) is 0 Å². The number of fused-ring (bicyclic) bond motifs is 1. The molecule has 3 heteroatoms. The average Bonchev–Trinajstić information content (AvgIpc) is 2.87. The maximum Gasteiger partial charge on any atom is 0.0548 e. The highest BCUT2D eigenvalue weighted by Gasteiger charge is 2.10. The van der Waals surface area contributed by atoms with Crippen molar-refractivity contribution in [2.45, 2.75) is 25.8 Å². The van der Waals surface area contributed by atoms with Crippen LogP contribution < -0.4 is 5.32 Å². The van der Waals surface area contributed by atoms with Gasteiger partial charge in [-0.1, -0.05) is 23.7 Å². The summed E-state index contributed by atoms with van der Waals surface area (Å²) in [6.07, 6.45) is 3.75. The Labute approximate surface area is 127 Å². The van der Waals surface area contributed by atoms with Crippen LogP contribution in [0.15, 0.2) is 40.9 Å². The van der Waals surface area contributed by atoms with Crippen molar-refractivity contribution in [3.05, 3.63) is 62.6 Å². The minimum atomic E-state index is 0.751. The van der Waals surface area contributed by atoms with Crippen molar-refractivity contribution < 1.29 is 0 Å². The second kappa shape index (κ2) is 5.56. The predicted octanol–water partition coefficient (Wildman–Crippen LogP) is 5.20. The molecule has 1 aliphatic carbocycles. The van der Waals surface area contributed by atoms with E-state index < -0.39 is 0 Å². The number of aryl methyl sites for hydroxylation is 2. The fourth-order valence-corrected chi connectivity index (χ4v) is 3.08. The van der Waals surface area contributed by atoms with Crippen LogP contribution in [-0.4, -0.2) is 0 Å². The molecule has 0 aliphatic heterocycles. The van der Waals surface area contributed by atoms with E-state index in [0.29, 0.717) is 0 Å². The lowest BCUT2D eigenvalue weighted by Crippen LogP contribution is -2.00. The molecule has 1 aliphatic rings.